The van der Waals surface area contributed by atoms with Crippen LogP contribution in [0, 0.1) is 5.82 Å². The van der Waals surface area contributed by atoms with Gasteiger partial charge in [0.05, 0.1) is 11.4 Å². The molecule has 1 aliphatic heterocycles. The van der Waals surface area contributed by atoms with E-state index in [1.807, 2.05) is 0 Å². The van der Waals surface area contributed by atoms with Gasteiger partial charge in [0.2, 0.25) is 11.9 Å². The lowest BCUT2D eigenvalue weighted by molar-refractivity contribution is -0.116. The van der Waals surface area contributed by atoms with Crippen molar-refractivity contribution in [2.45, 2.75) is 12.8 Å². The summed E-state index contributed by atoms with van der Waals surface area (Å²) < 4.78 is 13.8. The lowest BCUT2D eigenvalue weighted by atomic mass is 10.0. The smallest absolute Gasteiger partial charge is 0.224 e. The number of guanidine groups is 2. The number of aliphatic imine (C=N–C) groups is 2. The number of benzene rings is 1. The Morgan fingerprint density at radius 1 is 1.26 bits per heavy atom. The maximum atomic E-state index is 13.8. The van der Waals surface area contributed by atoms with Crippen molar-refractivity contribution in [1.82, 2.24) is 0 Å². The zero-order valence-corrected chi connectivity index (χ0v) is 9.98. The van der Waals surface area contributed by atoms with Crippen LogP contribution in [0.5, 0.6) is 0 Å². The van der Waals surface area contributed by atoms with E-state index in [2.05, 4.69) is 15.3 Å². The van der Waals surface area contributed by atoms with E-state index in [4.69, 9.17) is 17.2 Å². The molecule has 7 N–H and O–H groups in total. The summed E-state index contributed by atoms with van der Waals surface area (Å²) in [6.45, 7) is 0. The number of nitrogens with one attached hydrogen (secondary N) is 1. The highest BCUT2D eigenvalue weighted by atomic mass is 19.1. The molecule has 0 aliphatic carbocycles. The fraction of sp³-hybridized carbons (Fsp3) is 0.182. The van der Waals surface area contributed by atoms with Gasteiger partial charge in [0, 0.05) is 12.5 Å². The molecule has 1 aromatic rings. The second-order valence-electron chi connectivity index (χ2n) is 4.02. The van der Waals surface area contributed by atoms with Crippen molar-refractivity contribution in [3.05, 3.63) is 23.5 Å². The highest BCUT2D eigenvalue weighted by Crippen LogP contribution is 2.30. The van der Waals surface area contributed by atoms with Gasteiger partial charge in [0.15, 0.2) is 5.96 Å². The van der Waals surface area contributed by atoms with Crippen LogP contribution in [-0.2, 0) is 11.2 Å². The van der Waals surface area contributed by atoms with Crippen LogP contribution < -0.4 is 22.5 Å². The highest BCUT2D eigenvalue weighted by molar-refractivity contribution is 5.95. The van der Waals surface area contributed by atoms with Crippen molar-refractivity contribution in [1.29, 1.82) is 0 Å². The molecule has 0 atom stereocenters. The molecule has 0 radical (unpaired) electrons. The minimum atomic E-state index is -0.568. The lowest BCUT2D eigenvalue weighted by Gasteiger charge is -2.17. The number of carbonyl (C=O) groups excluding carboxylic acids is 1. The molecule has 0 aromatic heterocycles. The normalized spacial score (nSPS) is 14.6. The molecule has 19 heavy (non-hydrogen) atoms. The molecule has 0 fully saturated rings. The van der Waals surface area contributed by atoms with E-state index < -0.39 is 5.82 Å². The average Bonchev–Trinajstić information content (AvgIpc) is 2.29. The summed E-state index contributed by atoms with van der Waals surface area (Å²) in [5.74, 6) is -1.17. The molecule has 1 aliphatic rings. The molecule has 1 amide bonds. The second-order valence-corrected chi connectivity index (χ2v) is 4.02. The Morgan fingerprint density at radius 2 is 2.00 bits per heavy atom. The van der Waals surface area contributed by atoms with E-state index in [9.17, 15) is 9.18 Å². The van der Waals surface area contributed by atoms with Gasteiger partial charge in [-0.2, -0.15) is 4.99 Å². The number of anilines is 1. The van der Waals surface area contributed by atoms with Crippen molar-refractivity contribution in [3.8, 4) is 0 Å². The van der Waals surface area contributed by atoms with Crippen molar-refractivity contribution in [2.75, 3.05) is 5.32 Å². The first-order chi connectivity index (χ1) is 8.95. The Bertz CT molecular complexity index is 591. The molecule has 0 unspecified atom stereocenters. The maximum absolute atomic E-state index is 13.8. The van der Waals surface area contributed by atoms with Crippen molar-refractivity contribution < 1.29 is 9.18 Å². The number of nitrogens with two attached hydrogens (primary N) is 3. The Hall–Kier alpha value is -2.64. The van der Waals surface area contributed by atoms with Crippen LogP contribution in [0.2, 0.25) is 0 Å². The van der Waals surface area contributed by atoms with Gasteiger partial charge in [-0.3, -0.25) is 4.79 Å². The average molecular weight is 264 g/mol. The summed E-state index contributed by atoms with van der Waals surface area (Å²) >= 11 is 0. The molecular weight excluding hydrogens is 251 g/mol. The second kappa shape index (κ2) is 4.92. The van der Waals surface area contributed by atoms with Crippen LogP contribution in [0.15, 0.2) is 22.1 Å². The van der Waals surface area contributed by atoms with Crippen LogP contribution >= 0.6 is 0 Å². The minimum Gasteiger partial charge on any atom is -0.370 e. The number of halogens is 1. The van der Waals surface area contributed by atoms with Crippen molar-refractivity contribution in [2.24, 2.45) is 27.2 Å². The topological polar surface area (TPSA) is 132 Å². The molecule has 0 saturated carbocycles. The minimum absolute atomic E-state index is 0.167. The van der Waals surface area contributed by atoms with Gasteiger partial charge in [-0.1, -0.05) is 0 Å². The van der Waals surface area contributed by atoms with Crippen LogP contribution in [-0.4, -0.2) is 17.8 Å². The Kier molecular flexibility index (Phi) is 3.32. The summed E-state index contributed by atoms with van der Waals surface area (Å²) in [6, 6.07) is 2.78. The molecule has 1 heterocycles. The Balaban J connectivity index is 2.38. The molecule has 1 aromatic carbocycles. The van der Waals surface area contributed by atoms with E-state index in [0.29, 0.717) is 18.4 Å². The molecule has 7 nitrogen and oxygen atoms in total. The third kappa shape index (κ3) is 2.97. The molecule has 2 rings (SSSR count). The lowest BCUT2D eigenvalue weighted by Crippen LogP contribution is -2.26. The molecule has 8 heteroatoms. The van der Waals surface area contributed by atoms with Crippen molar-refractivity contribution >= 4 is 29.2 Å². The Labute approximate surface area is 108 Å². The number of amides is 1. The van der Waals surface area contributed by atoms with Gasteiger partial charge in [0.25, 0.3) is 0 Å². The van der Waals surface area contributed by atoms with Gasteiger partial charge < -0.3 is 22.5 Å². The van der Waals surface area contributed by atoms with Gasteiger partial charge >= 0.3 is 0 Å². The van der Waals surface area contributed by atoms with E-state index in [1.54, 1.807) is 6.07 Å². The summed E-state index contributed by atoms with van der Waals surface area (Å²) in [5, 5.41) is 2.48. The number of hydrogen-bond donors (Lipinski definition) is 4. The largest absolute Gasteiger partial charge is 0.370 e. The van der Waals surface area contributed by atoms with Crippen LogP contribution in [0.4, 0.5) is 15.8 Å². The summed E-state index contributed by atoms with van der Waals surface area (Å²) in [4.78, 5) is 18.6. The van der Waals surface area contributed by atoms with E-state index in [-0.39, 0.29) is 29.2 Å². The monoisotopic (exact) mass is 264 g/mol. The summed E-state index contributed by atoms with van der Waals surface area (Å²) in [7, 11) is 0. The number of rotatable bonds is 1. The first kappa shape index (κ1) is 12.8. The van der Waals surface area contributed by atoms with Gasteiger partial charge in [0.1, 0.15) is 5.82 Å². The predicted molar refractivity (Wildman–Crippen MR) is 70.4 cm³/mol. The van der Waals surface area contributed by atoms with E-state index in [1.165, 1.54) is 0 Å². The third-order valence-electron chi connectivity index (χ3n) is 2.53. The highest BCUT2D eigenvalue weighted by Gasteiger charge is 2.19. The third-order valence-corrected chi connectivity index (χ3v) is 2.53. The molecular formula is C11H13FN6O. The molecule has 0 saturated heterocycles. The number of nitrogens with zero attached hydrogens (tertiary/aromatic N) is 2. The van der Waals surface area contributed by atoms with E-state index >= 15 is 0 Å². The predicted octanol–water partition coefficient (Wildman–Crippen LogP) is -0.0700. The first-order valence-electron chi connectivity index (χ1n) is 5.52. The summed E-state index contributed by atoms with van der Waals surface area (Å²) in [6.07, 6.45) is 0.757. The van der Waals surface area contributed by atoms with E-state index in [0.717, 1.165) is 6.07 Å². The zero-order valence-electron chi connectivity index (χ0n) is 9.98. The SMILES string of the molecule is NC(N)=NC(N)=Nc1cc(F)c2c(c1)CCC(=O)N2. The quantitative estimate of drug-likeness (QED) is 0.417. The zero-order chi connectivity index (χ0) is 14.0. The molecule has 100 valence electrons. The maximum Gasteiger partial charge on any atom is 0.224 e. The molecule has 0 bridgehead atoms. The van der Waals surface area contributed by atoms with Crippen LogP contribution in [0.25, 0.3) is 0 Å². The van der Waals surface area contributed by atoms with Gasteiger partial charge in [-0.15, -0.1) is 0 Å². The number of hydrogen-bond acceptors (Lipinski definition) is 2. The fourth-order valence-electron chi connectivity index (χ4n) is 1.79. The van der Waals surface area contributed by atoms with Gasteiger partial charge in [-0.25, -0.2) is 9.38 Å². The Morgan fingerprint density at radius 3 is 2.68 bits per heavy atom. The van der Waals surface area contributed by atoms with Crippen molar-refractivity contribution in [3.63, 3.8) is 0 Å². The standard InChI is InChI=1S/C11H13FN6O/c12-7-4-6(16-11(15)18-10(13)14)3-5-1-2-8(19)17-9(5)7/h3-4H,1-2H2,(H,17,19)(H6,13,14,15,16,18). The first-order valence-corrected chi connectivity index (χ1v) is 5.52. The number of carbonyl (C=O) groups is 1. The molecule has 0 spiro atoms. The van der Waals surface area contributed by atoms with Crippen LogP contribution in [0.1, 0.15) is 12.0 Å². The number of fused-ring (bicyclic) bond motifs is 1. The van der Waals surface area contributed by atoms with Crippen LogP contribution in [0.3, 0.4) is 0 Å². The summed E-state index contributed by atoms with van der Waals surface area (Å²) in [5.41, 5.74) is 16.9. The van der Waals surface area contributed by atoms with Gasteiger partial charge in [-0.05, 0) is 18.1 Å². The fourth-order valence-corrected chi connectivity index (χ4v) is 1.79. The number of aryl methyl sites for hydroxylation is 1.